The first-order valence-corrected chi connectivity index (χ1v) is 6.91. The highest BCUT2D eigenvalue weighted by atomic mass is 15.3. The van der Waals surface area contributed by atoms with Gasteiger partial charge in [0.15, 0.2) is 0 Å². The number of aromatic nitrogens is 2. The van der Waals surface area contributed by atoms with E-state index in [0.29, 0.717) is 0 Å². The molecule has 2 heterocycles. The molecule has 0 saturated carbocycles. The summed E-state index contributed by atoms with van der Waals surface area (Å²) in [4.78, 5) is 11.7. The van der Waals surface area contributed by atoms with Crippen molar-refractivity contribution in [1.82, 2.24) is 15.3 Å². The van der Waals surface area contributed by atoms with E-state index in [9.17, 15) is 0 Å². The summed E-state index contributed by atoms with van der Waals surface area (Å²) in [5.74, 6) is 0.903. The zero-order valence-electron chi connectivity index (χ0n) is 12.0. The van der Waals surface area contributed by atoms with Crippen molar-refractivity contribution in [1.29, 1.82) is 0 Å². The van der Waals surface area contributed by atoms with E-state index in [2.05, 4.69) is 53.9 Å². The van der Waals surface area contributed by atoms with E-state index in [1.165, 1.54) is 0 Å². The predicted molar refractivity (Wildman–Crippen MR) is 75.1 cm³/mol. The van der Waals surface area contributed by atoms with Crippen LogP contribution in [0.25, 0.3) is 0 Å². The third-order valence-corrected chi connectivity index (χ3v) is 3.40. The maximum atomic E-state index is 4.68. The van der Waals surface area contributed by atoms with Crippen molar-refractivity contribution in [3.8, 4) is 0 Å². The van der Waals surface area contributed by atoms with Crippen molar-refractivity contribution in [3.63, 3.8) is 0 Å². The highest BCUT2D eigenvalue weighted by Gasteiger charge is 2.27. The van der Waals surface area contributed by atoms with Gasteiger partial charge in [-0.1, -0.05) is 13.8 Å². The van der Waals surface area contributed by atoms with Gasteiger partial charge in [0.05, 0.1) is 0 Å². The normalized spacial score (nSPS) is 19.0. The van der Waals surface area contributed by atoms with Crippen LogP contribution >= 0.6 is 0 Å². The summed E-state index contributed by atoms with van der Waals surface area (Å²) in [5.41, 5.74) is 2.43. The molecule has 100 valence electrons. The molecule has 0 atom stereocenters. The van der Waals surface area contributed by atoms with E-state index in [4.69, 9.17) is 0 Å². The lowest BCUT2D eigenvalue weighted by molar-refractivity contribution is 0.350. The highest BCUT2D eigenvalue weighted by Crippen LogP contribution is 2.17. The van der Waals surface area contributed by atoms with Crippen LogP contribution in [0.4, 0.5) is 5.95 Å². The second-order valence-electron chi connectivity index (χ2n) is 5.59. The number of hydrogen-bond acceptors (Lipinski definition) is 4. The van der Waals surface area contributed by atoms with E-state index < -0.39 is 0 Å². The van der Waals surface area contributed by atoms with Crippen LogP contribution in [-0.2, 0) is 12.8 Å². The molecule has 1 aliphatic rings. The van der Waals surface area contributed by atoms with Gasteiger partial charge in [-0.2, -0.15) is 0 Å². The Morgan fingerprint density at radius 3 is 2.33 bits per heavy atom. The zero-order valence-corrected chi connectivity index (χ0v) is 12.0. The lowest BCUT2D eigenvalue weighted by atomic mass is 10.0. The quantitative estimate of drug-likeness (QED) is 0.885. The zero-order chi connectivity index (χ0) is 13.2. The van der Waals surface area contributed by atoms with Crippen molar-refractivity contribution in [3.05, 3.63) is 17.5 Å². The number of nitrogens with one attached hydrogen (secondary N) is 1. The lowest BCUT2D eigenvalue weighted by Crippen LogP contribution is -2.57. The van der Waals surface area contributed by atoms with Gasteiger partial charge in [0, 0.05) is 36.6 Å². The number of anilines is 1. The predicted octanol–water partition coefficient (Wildman–Crippen LogP) is 1.79. The van der Waals surface area contributed by atoms with E-state index in [1.807, 2.05) is 0 Å². The van der Waals surface area contributed by atoms with Crippen LogP contribution in [0.15, 0.2) is 6.07 Å². The molecule has 18 heavy (non-hydrogen) atoms. The molecule has 0 bridgehead atoms. The molecule has 0 radical (unpaired) electrons. The number of aryl methyl sites for hydroxylation is 2. The topological polar surface area (TPSA) is 41.1 Å². The van der Waals surface area contributed by atoms with Gasteiger partial charge in [-0.3, -0.25) is 0 Å². The van der Waals surface area contributed by atoms with E-state index in [-0.39, 0.29) is 5.54 Å². The Morgan fingerprint density at radius 2 is 1.83 bits per heavy atom. The van der Waals surface area contributed by atoms with Crippen LogP contribution in [0.5, 0.6) is 0 Å². The summed E-state index contributed by atoms with van der Waals surface area (Å²) in [6.45, 7) is 11.7. The maximum Gasteiger partial charge on any atom is 0.225 e. The smallest absolute Gasteiger partial charge is 0.225 e. The van der Waals surface area contributed by atoms with E-state index in [1.54, 1.807) is 0 Å². The number of rotatable bonds is 3. The summed E-state index contributed by atoms with van der Waals surface area (Å²) < 4.78 is 0. The van der Waals surface area contributed by atoms with Gasteiger partial charge in [0.2, 0.25) is 5.95 Å². The molecule has 1 N–H and O–H groups in total. The second-order valence-corrected chi connectivity index (χ2v) is 5.59. The molecule has 1 aliphatic heterocycles. The van der Waals surface area contributed by atoms with Gasteiger partial charge >= 0.3 is 0 Å². The molecule has 1 fully saturated rings. The fourth-order valence-electron chi connectivity index (χ4n) is 2.35. The summed E-state index contributed by atoms with van der Waals surface area (Å²) in [7, 11) is 0. The minimum atomic E-state index is 0.135. The van der Waals surface area contributed by atoms with Crippen molar-refractivity contribution in [2.45, 2.75) is 46.1 Å². The van der Waals surface area contributed by atoms with Gasteiger partial charge in [-0.05, 0) is 32.8 Å². The van der Waals surface area contributed by atoms with Crippen LogP contribution < -0.4 is 10.2 Å². The molecule has 0 aromatic carbocycles. The summed E-state index contributed by atoms with van der Waals surface area (Å²) in [6.07, 6.45) is 1.94. The van der Waals surface area contributed by atoms with Crippen LogP contribution in [0.2, 0.25) is 0 Å². The maximum absolute atomic E-state index is 4.68. The van der Waals surface area contributed by atoms with Gasteiger partial charge < -0.3 is 10.2 Å². The second kappa shape index (κ2) is 5.22. The Balaban J connectivity index is 2.26. The SMILES string of the molecule is CCc1cc(CC)nc(N2CCNC(C)(C)C2)n1. The number of piperazine rings is 1. The number of nitrogens with zero attached hydrogens (tertiary/aromatic N) is 3. The molecular formula is C14H24N4. The van der Waals surface area contributed by atoms with Gasteiger partial charge in [-0.15, -0.1) is 0 Å². The summed E-state index contributed by atoms with van der Waals surface area (Å²) in [6, 6.07) is 2.12. The molecule has 0 unspecified atom stereocenters. The molecule has 1 aromatic rings. The monoisotopic (exact) mass is 248 g/mol. The van der Waals surface area contributed by atoms with Crippen LogP contribution in [-0.4, -0.2) is 35.1 Å². The Kier molecular flexibility index (Phi) is 3.85. The largest absolute Gasteiger partial charge is 0.338 e. The van der Waals surface area contributed by atoms with E-state index in [0.717, 1.165) is 49.8 Å². The molecule has 0 aliphatic carbocycles. The van der Waals surface area contributed by atoms with E-state index >= 15 is 0 Å². The average Bonchev–Trinajstić information content (AvgIpc) is 2.37. The average molecular weight is 248 g/mol. The van der Waals surface area contributed by atoms with Gasteiger partial charge in [0.25, 0.3) is 0 Å². The minimum Gasteiger partial charge on any atom is -0.338 e. The van der Waals surface area contributed by atoms with Crippen molar-refractivity contribution in [2.75, 3.05) is 24.5 Å². The molecular weight excluding hydrogens is 224 g/mol. The molecule has 1 aromatic heterocycles. The van der Waals surface area contributed by atoms with Crippen LogP contribution in [0.3, 0.4) is 0 Å². The minimum absolute atomic E-state index is 0.135. The van der Waals surface area contributed by atoms with Crippen LogP contribution in [0.1, 0.15) is 39.1 Å². The first kappa shape index (κ1) is 13.3. The van der Waals surface area contributed by atoms with Crippen LogP contribution in [0, 0.1) is 0 Å². The fourth-order valence-corrected chi connectivity index (χ4v) is 2.35. The lowest BCUT2D eigenvalue weighted by Gasteiger charge is -2.39. The van der Waals surface area contributed by atoms with Crippen molar-refractivity contribution in [2.24, 2.45) is 0 Å². The van der Waals surface area contributed by atoms with Gasteiger partial charge in [-0.25, -0.2) is 9.97 Å². The third kappa shape index (κ3) is 2.99. The first-order chi connectivity index (χ1) is 8.54. The Morgan fingerprint density at radius 1 is 1.22 bits per heavy atom. The first-order valence-electron chi connectivity index (χ1n) is 6.91. The number of hydrogen-bond donors (Lipinski definition) is 1. The Labute approximate surface area is 110 Å². The summed E-state index contributed by atoms with van der Waals surface area (Å²) in [5, 5.41) is 3.52. The highest BCUT2D eigenvalue weighted by molar-refractivity contribution is 5.34. The Hall–Kier alpha value is -1.16. The third-order valence-electron chi connectivity index (χ3n) is 3.40. The molecule has 0 amide bonds. The Bertz CT molecular complexity index is 392. The van der Waals surface area contributed by atoms with Gasteiger partial charge in [0.1, 0.15) is 0 Å². The molecule has 4 heteroatoms. The van der Waals surface area contributed by atoms with Crippen molar-refractivity contribution >= 4 is 5.95 Å². The molecule has 2 rings (SSSR count). The van der Waals surface area contributed by atoms with Crippen molar-refractivity contribution < 1.29 is 0 Å². The summed E-state index contributed by atoms with van der Waals surface area (Å²) >= 11 is 0. The molecule has 1 saturated heterocycles. The molecule has 0 spiro atoms. The fraction of sp³-hybridized carbons (Fsp3) is 0.714. The molecule has 4 nitrogen and oxygen atoms in total. The standard InChI is InChI=1S/C14H24N4/c1-5-11-9-12(6-2)17-13(16-11)18-8-7-15-14(3,4)10-18/h9,15H,5-8,10H2,1-4H3.